The average Bonchev–Trinajstić information content (AvgIpc) is 2.92. The van der Waals surface area contributed by atoms with Crippen LogP contribution < -0.4 is 10.6 Å². The van der Waals surface area contributed by atoms with E-state index in [-0.39, 0.29) is 11.8 Å². The van der Waals surface area contributed by atoms with Crippen LogP contribution in [-0.4, -0.2) is 22.4 Å². The predicted octanol–water partition coefficient (Wildman–Crippen LogP) is 3.04. The van der Waals surface area contributed by atoms with Crippen LogP contribution in [0.2, 0.25) is 0 Å². The molecule has 122 valence electrons. The van der Waals surface area contributed by atoms with Crippen molar-refractivity contribution in [3.8, 4) is 0 Å². The normalized spacial score (nSPS) is 14.3. The Kier molecular flexibility index (Phi) is 5.19. The number of aromatic nitrogens is 2. The van der Waals surface area contributed by atoms with E-state index in [9.17, 15) is 4.79 Å². The number of hydrogen-bond acceptors (Lipinski definition) is 6. The predicted molar refractivity (Wildman–Crippen MR) is 90.4 cm³/mol. The lowest BCUT2D eigenvalue weighted by Crippen LogP contribution is -2.28. The van der Waals surface area contributed by atoms with Gasteiger partial charge in [0.05, 0.1) is 0 Å². The van der Waals surface area contributed by atoms with Crippen molar-refractivity contribution in [3.05, 3.63) is 35.7 Å². The summed E-state index contributed by atoms with van der Waals surface area (Å²) < 4.78 is 9.20. The minimum Gasteiger partial charge on any atom is -0.377 e. The van der Waals surface area contributed by atoms with Crippen LogP contribution in [0.5, 0.6) is 0 Å². The Morgan fingerprint density at radius 2 is 2.30 bits per heavy atom. The highest BCUT2D eigenvalue weighted by molar-refractivity contribution is 7.09. The van der Waals surface area contributed by atoms with Crippen molar-refractivity contribution >= 4 is 28.3 Å². The molecule has 23 heavy (non-hydrogen) atoms. The molecule has 1 amide bonds. The Balaban J connectivity index is 1.55. The minimum absolute atomic E-state index is 0.134. The van der Waals surface area contributed by atoms with E-state index in [0.29, 0.717) is 19.0 Å². The van der Waals surface area contributed by atoms with Gasteiger partial charge in [-0.15, -0.1) is 0 Å². The highest BCUT2D eigenvalue weighted by Crippen LogP contribution is 2.27. The Morgan fingerprint density at radius 1 is 1.43 bits per heavy atom. The quantitative estimate of drug-likeness (QED) is 0.815. The second-order valence-electron chi connectivity index (χ2n) is 5.62. The van der Waals surface area contributed by atoms with Crippen molar-refractivity contribution in [3.63, 3.8) is 0 Å². The number of ether oxygens (including phenoxy) is 1. The number of amides is 1. The van der Waals surface area contributed by atoms with Crippen molar-refractivity contribution in [1.82, 2.24) is 9.36 Å². The fourth-order valence-corrected chi connectivity index (χ4v) is 2.93. The van der Waals surface area contributed by atoms with E-state index in [0.717, 1.165) is 35.6 Å². The first kappa shape index (κ1) is 15.9. The van der Waals surface area contributed by atoms with E-state index < -0.39 is 0 Å². The van der Waals surface area contributed by atoms with Crippen molar-refractivity contribution in [2.24, 2.45) is 5.92 Å². The first-order valence-electron chi connectivity index (χ1n) is 7.70. The number of nitrogens with one attached hydrogen (secondary N) is 2. The SMILES string of the molecule is COCc1nsc(NCc2cccc(NC(=O)C3CCC3)c2)n1. The second kappa shape index (κ2) is 7.52. The fourth-order valence-electron chi connectivity index (χ4n) is 2.36. The summed E-state index contributed by atoms with van der Waals surface area (Å²) in [6.07, 6.45) is 3.18. The number of rotatable bonds is 7. The number of benzene rings is 1. The van der Waals surface area contributed by atoms with Gasteiger partial charge in [-0.3, -0.25) is 4.79 Å². The standard InChI is InChI=1S/C16H20N4O2S/c1-22-10-14-19-16(23-20-14)17-9-11-4-2-7-13(8-11)18-15(21)12-5-3-6-12/h2,4,7-8,12H,3,5-6,9-10H2,1H3,(H,18,21)(H,17,19,20). The molecule has 0 spiro atoms. The van der Waals surface area contributed by atoms with Crippen LogP contribution in [0.1, 0.15) is 30.7 Å². The molecule has 2 aromatic rings. The van der Waals surface area contributed by atoms with Gasteiger partial charge in [0.15, 0.2) is 5.82 Å². The molecule has 1 heterocycles. The summed E-state index contributed by atoms with van der Waals surface area (Å²) in [6.45, 7) is 1.05. The largest absolute Gasteiger partial charge is 0.377 e. The third-order valence-electron chi connectivity index (χ3n) is 3.86. The van der Waals surface area contributed by atoms with Crippen molar-refractivity contribution in [1.29, 1.82) is 0 Å². The Hall–Kier alpha value is -1.99. The zero-order chi connectivity index (χ0) is 16.1. The third-order valence-corrected chi connectivity index (χ3v) is 4.57. The zero-order valence-corrected chi connectivity index (χ0v) is 13.9. The molecule has 0 radical (unpaired) electrons. The molecule has 0 aliphatic heterocycles. The van der Waals surface area contributed by atoms with E-state index in [2.05, 4.69) is 20.0 Å². The summed E-state index contributed by atoms with van der Waals surface area (Å²) in [4.78, 5) is 16.3. The van der Waals surface area contributed by atoms with Crippen LogP contribution >= 0.6 is 11.5 Å². The molecule has 7 heteroatoms. The fraction of sp³-hybridized carbons (Fsp3) is 0.438. The summed E-state index contributed by atoms with van der Waals surface area (Å²) in [5.74, 6) is 1.01. The molecular formula is C16H20N4O2S. The lowest BCUT2D eigenvalue weighted by molar-refractivity contribution is -0.122. The summed E-state index contributed by atoms with van der Waals surface area (Å²) in [7, 11) is 1.62. The molecule has 0 atom stereocenters. The summed E-state index contributed by atoms with van der Waals surface area (Å²) in [6, 6.07) is 7.87. The molecular weight excluding hydrogens is 312 g/mol. The molecule has 1 aliphatic rings. The number of anilines is 2. The molecule has 3 rings (SSSR count). The molecule has 1 saturated carbocycles. The van der Waals surface area contributed by atoms with Gasteiger partial charge in [-0.05, 0) is 30.5 Å². The van der Waals surface area contributed by atoms with E-state index in [1.807, 2.05) is 24.3 Å². The number of hydrogen-bond donors (Lipinski definition) is 2. The van der Waals surface area contributed by atoms with Crippen LogP contribution in [-0.2, 0) is 22.7 Å². The monoisotopic (exact) mass is 332 g/mol. The van der Waals surface area contributed by atoms with Gasteiger partial charge in [-0.1, -0.05) is 18.6 Å². The number of methoxy groups -OCH3 is 1. The Bertz CT molecular complexity index is 670. The van der Waals surface area contributed by atoms with Crippen molar-refractivity contribution in [2.45, 2.75) is 32.4 Å². The van der Waals surface area contributed by atoms with Gasteiger partial charge < -0.3 is 15.4 Å². The highest BCUT2D eigenvalue weighted by Gasteiger charge is 2.25. The Morgan fingerprint density at radius 3 is 3.04 bits per heavy atom. The number of carbonyl (C=O) groups excluding carboxylic acids is 1. The molecule has 1 fully saturated rings. The summed E-state index contributed by atoms with van der Waals surface area (Å²) in [5, 5.41) is 7.00. The first-order valence-corrected chi connectivity index (χ1v) is 8.47. The number of nitrogens with zero attached hydrogens (tertiary/aromatic N) is 2. The molecule has 1 aromatic carbocycles. The smallest absolute Gasteiger partial charge is 0.227 e. The maximum absolute atomic E-state index is 12.0. The summed E-state index contributed by atoms with van der Waals surface area (Å²) in [5.41, 5.74) is 1.93. The second-order valence-corrected chi connectivity index (χ2v) is 6.37. The minimum atomic E-state index is 0.134. The van der Waals surface area contributed by atoms with Gasteiger partial charge in [0.1, 0.15) is 6.61 Å². The van der Waals surface area contributed by atoms with Gasteiger partial charge in [-0.2, -0.15) is 4.37 Å². The van der Waals surface area contributed by atoms with Crippen molar-refractivity contribution < 1.29 is 9.53 Å². The maximum atomic E-state index is 12.0. The third kappa shape index (κ3) is 4.27. The van der Waals surface area contributed by atoms with Gasteiger partial charge in [0.25, 0.3) is 0 Å². The highest BCUT2D eigenvalue weighted by atomic mass is 32.1. The molecule has 0 unspecified atom stereocenters. The van der Waals surface area contributed by atoms with E-state index in [4.69, 9.17) is 4.74 Å². The topological polar surface area (TPSA) is 76.1 Å². The van der Waals surface area contributed by atoms with Gasteiger partial charge in [0, 0.05) is 36.8 Å². The molecule has 1 aromatic heterocycles. The maximum Gasteiger partial charge on any atom is 0.227 e. The first-order chi connectivity index (χ1) is 11.2. The molecule has 2 N–H and O–H groups in total. The van der Waals surface area contributed by atoms with Crippen LogP contribution in [0.4, 0.5) is 10.8 Å². The molecule has 6 nitrogen and oxygen atoms in total. The van der Waals surface area contributed by atoms with Gasteiger partial charge >= 0.3 is 0 Å². The van der Waals surface area contributed by atoms with Crippen LogP contribution in [0.3, 0.4) is 0 Å². The van der Waals surface area contributed by atoms with Crippen LogP contribution in [0, 0.1) is 5.92 Å². The molecule has 1 aliphatic carbocycles. The van der Waals surface area contributed by atoms with Gasteiger partial charge in [0.2, 0.25) is 11.0 Å². The van der Waals surface area contributed by atoms with E-state index in [1.165, 1.54) is 11.5 Å². The molecule has 0 saturated heterocycles. The van der Waals surface area contributed by atoms with Crippen LogP contribution in [0.25, 0.3) is 0 Å². The lowest BCUT2D eigenvalue weighted by Gasteiger charge is -2.24. The number of carbonyl (C=O) groups is 1. The zero-order valence-electron chi connectivity index (χ0n) is 13.0. The average molecular weight is 332 g/mol. The van der Waals surface area contributed by atoms with Crippen LogP contribution in [0.15, 0.2) is 24.3 Å². The van der Waals surface area contributed by atoms with Gasteiger partial charge in [-0.25, -0.2) is 4.98 Å². The summed E-state index contributed by atoms with van der Waals surface area (Å²) >= 11 is 1.32. The molecule has 0 bridgehead atoms. The van der Waals surface area contributed by atoms with E-state index >= 15 is 0 Å². The Labute approximate surface area is 139 Å². The lowest BCUT2D eigenvalue weighted by atomic mass is 9.85. The van der Waals surface area contributed by atoms with Crippen molar-refractivity contribution in [2.75, 3.05) is 17.7 Å². The van der Waals surface area contributed by atoms with E-state index in [1.54, 1.807) is 7.11 Å².